The standard InChI is InChI=1S/C12H22BrN3O/c1-5-10-12(13)11(16(4)14-10)8-9(17)6-7-15(2)3/h9,17H,5-8H2,1-4H3. The van der Waals surface area contributed by atoms with Gasteiger partial charge in [0.05, 0.1) is 22.0 Å². The smallest absolute Gasteiger partial charge is 0.0766 e. The summed E-state index contributed by atoms with van der Waals surface area (Å²) in [5.41, 5.74) is 2.13. The van der Waals surface area contributed by atoms with E-state index in [2.05, 4.69) is 32.9 Å². The fourth-order valence-electron chi connectivity index (χ4n) is 1.77. The molecule has 0 fully saturated rings. The largest absolute Gasteiger partial charge is 0.393 e. The Bertz CT molecular complexity index is 363. The molecule has 1 atom stereocenters. The van der Waals surface area contributed by atoms with E-state index in [0.29, 0.717) is 6.42 Å². The highest BCUT2D eigenvalue weighted by molar-refractivity contribution is 9.10. The summed E-state index contributed by atoms with van der Waals surface area (Å²) in [5, 5.41) is 14.4. The minimum Gasteiger partial charge on any atom is -0.393 e. The summed E-state index contributed by atoms with van der Waals surface area (Å²) in [5.74, 6) is 0. The van der Waals surface area contributed by atoms with Crippen LogP contribution in [0.3, 0.4) is 0 Å². The van der Waals surface area contributed by atoms with Gasteiger partial charge in [-0.1, -0.05) is 6.92 Å². The molecule has 0 radical (unpaired) electrons. The van der Waals surface area contributed by atoms with Gasteiger partial charge in [0.2, 0.25) is 0 Å². The van der Waals surface area contributed by atoms with E-state index < -0.39 is 0 Å². The lowest BCUT2D eigenvalue weighted by Crippen LogP contribution is -2.21. The summed E-state index contributed by atoms with van der Waals surface area (Å²) in [6.07, 6.45) is 2.03. The molecule has 1 heterocycles. The fourth-order valence-corrected chi connectivity index (χ4v) is 2.55. The van der Waals surface area contributed by atoms with Crippen molar-refractivity contribution >= 4 is 15.9 Å². The first-order valence-corrected chi connectivity index (χ1v) is 6.78. The second-order valence-electron chi connectivity index (χ2n) is 4.63. The number of halogens is 1. The second kappa shape index (κ2) is 6.52. The summed E-state index contributed by atoms with van der Waals surface area (Å²) in [6.45, 7) is 2.98. The first kappa shape index (κ1) is 14.7. The maximum Gasteiger partial charge on any atom is 0.0766 e. The zero-order valence-corrected chi connectivity index (χ0v) is 12.7. The number of aliphatic hydroxyl groups is 1. The Balaban J connectivity index is 2.64. The summed E-state index contributed by atoms with van der Waals surface area (Å²) >= 11 is 3.57. The van der Waals surface area contributed by atoms with Crippen LogP contribution >= 0.6 is 15.9 Å². The average molecular weight is 304 g/mol. The Morgan fingerprint density at radius 1 is 1.47 bits per heavy atom. The van der Waals surface area contributed by atoms with Crippen LogP contribution in [0.2, 0.25) is 0 Å². The van der Waals surface area contributed by atoms with Gasteiger partial charge in [-0.3, -0.25) is 4.68 Å². The molecule has 0 saturated heterocycles. The molecular formula is C12H22BrN3O. The van der Waals surface area contributed by atoms with Gasteiger partial charge < -0.3 is 10.0 Å². The highest BCUT2D eigenvalue weighted by Gasteiger charge is 2.16. The van der Waals surface area contributed by atoms with Crippen molar-refractivity contribution in [3.05, 3.63) is 15.9 Å². The van der Waals surface area contributed by atoms with Crippen LogP contribution < -0.4 is 0 Å². The molecule has 5 heteroatoms. The SMILES string of the molecule is CCc1nn(C)c(CC(O)CCN(C)C)c1Br. The molecule has 0 saturated carbocycles. The molecule has 0 bridgehead atoms. The maximum atomic E-state index is 9.99. The van der Waals surface area contributed by atoms with Gasteiger partial charge >= 0.3 is 0 Å². The minimum absolute atomic E-state index is 0.311. The molecule has 1 aromatic rings. The molecule has 0 aliphatic carbocycles. The second-order valence-corrected chi connectivity index (χ2v) is 5.43. The zero-order valence-electron chi connectivity index (χ0n) is 11.1. The molecule has 1 aromatic heterocycles. The van der Waals surface area contributed by atoms with Crippen LogP contribution in [0.4, 0.5) is 0 Å². The van der Waals surface area contributed by atoms with Crippen LogP contribution in [0.15, 0.2) is 4.47 Å². The van der Waals surface area contributed by atoms with E-state index in [1.165, 1.54) is 0 Å². The van der Waals surface area contributed by atoms with E-state index >= 15 is 0 Å². The summed E-state index contributed by atoms with van der Waals surface area (Å²) < 4.78 is 2.91. The molecular weight excluding hydrogens is 282 g/mol. The Kier molecular flexibility index (Phi) is 5.62. The predicted octanol–water partition coefficient (Wildman–Crippen LogP) is 1.60. The molecule has 0 amide bonds. The van der Waals surface area contributed by atoms with Gasteiger partial charge in [-0.2, -0.15) is 5.10 Å². The quantitative estimate of drug-likeness (QED) is 0.868. The van der Waals surface area contributed by atoms with Crippen LogP contribution in [0, 0.1) is 0 Å². The molecule has 1 unspecified atom stereocenters. The molecule has 1 rings (SSSR count). The lowest BCUT2D eigenvalue weighted by atomic mass is 10.1. The first-order valence-electron chi connectivity index (χ1n) is 5.98. The van der Waals surface area contributed by atoms with Crippen LogP contribution in [0.5, 0.6) is 0 Å². The van der Waals surface area contributed by atoms with Crippen molar-refractivity contribution in [1.82, 2.24) is 14.7 Å². The molecule has 0 aliphatic rings. The van der Waals surface area contributed by atoms with E-state index in [-0.39, 0.29) is 6.10 Å². The monoisotopic (exact) mass is 303 g/mol. The van der Waals surface area contributed by atoms with Crippen molar-refractivity contribution in [2.24, 2.45) is 7.05 Å². The summed E-state index contributed by atoms with van der Waals surface area (Å²) in [4.78, 5) is 2.08. The third-order valence-electron chi connectivity index (χ3n) is 2.84. The highest BCUT2D eigenvalue weighted by Crippen LogP contribution is 2.23. The van der Waals surface area contributed by atoms with E-state index in [9.17, 15) is 5.11 Å². The number of nitrogens with zero attached hydrogens (tertiary/aromatic N) is 3. The van der Waals surface area contributed by atoms with Crippen LogP contribution in [0.1, 0.15) is 24.7 Å². The zero-order chi connectivity index (χ0) is 13.0. The van der Waals surface area contributed by atoms with Gasteiger partial charge in [0.25, 0.3) is 0 Å². The van der Waals surface area contributed by atoms with Gasteiger partial charge in [0.1, 0.15) is 0 Å². The molecule has 98 valence electrons. The minimum atomic E-state index is -0.311. The summed E-state index contributed by atoms with van der Waals surface area (Å²) in [6, 6.07) is 0. The van der Waals surface area contributed by atoms with Gasteiger partial charge in [0, 0.05) is 13.5 Å². The lowest BCUT2D eigenvalue weighted by molar-refractivity contribution is 0.150. The van der Waals surface area contributed by atoms with Crippen molar-refractivity contribution in [2.75, 3.05) is 20.6 Å². The first-order chi connectivity index (χ1) is 7.95. The summed E-state index contributed by atoms with van der Waals surface area (Å²) in [7, 11) is 5.96. The van der Waals surface area contributed by atoms with Crippen molar-refractivity contribution in [3.63, 3.8) is 0 Å². The molecule has 0 aliphatic heterocycles. The Morgan fingerprint density at radius 3 is 2.59 bits per heavy atom. The van der Waals surface area contributed by atoms with Crippen molar-refractivity contribution in [1.29, 1.82) is 0 Å². The number of hydrogen-bond acceptors (Lipinski definition) is 3. The molecule has 0 spiro atoms. The number of aromatic nitrogens is 2. The van der Waals surface area contributed by atoms with Crippen LogP contribution in [-0.2, 0) is 19.9 Å². The van der Waals surface area contributed by atoms with Crippen molar-refractivity contribution in [3.8, 4) is 0 Å². The average Bonchev–Trinajstić information content (AvgIpc) is 2.53. The third kappa shape index (κ3) is 4.08. The van der Waals surface area contributed by atoms with Crippen molar-refractivity contribution < 1.29 is 5.11 Å². The van der Waals surface area contributed by atoms with E-state index in [4.69, 9.17) is 0 Å². The molecule has 4 nitrogen and oxygen atoms in total. The Hall–Kier alpha value is -0.390. The van der Waals surface area contributed by atoms with Crippen LogP contribution in [0.25, 0.3) is 0 Å². The Labute approximate surface area is 112 Å². The molecule has 17 heavy (non-hydrogen) atoms. The highest BCUT2D eigenvalue weighted by atomic mass is 79.9. The molecule has 0 aromatic carbocycles. The predicted molar refractivity (Wildman–Crippen MR) is 73.2 cm³/mol. The van der Waals surface area contributed by atoms with Crippen molar-refractivity contribution in [2.45, 2.75) is 32.3 Å². The molecule has 1 N–H and O–H groups in total. The topological polar surface area (TPSA) is 41.3 Å². The number of hydrogen-bond donors (Lipinski definition) is 1. The lowest BCUT2D eigenvalue weighted by Gasteiger charge is -2.14. The number of aliphatic hydroxyl groups excluding tert-OH is 1. The van der Waals surface area contributed by atoms with E-state index in [0.717, 1.165) is 35.2 Å². The fraction of sp³-hybridized carbons (Fsp3) is 0.750. The van der Waals surface area contributed by atoms with Crippen LogP contribution in [-0.4, -0.2) is 46.5 Å². The maximum absolute atomic E-state index is 9.99. The third-order valence-corrected chi connectivity index (χ3v) is 3.76. The van der Waals surface area contributed by atoms with Gasteiger partial charge in [-0.15, -0.1) is 0 Å². The Morgan fingerprint density at radius 2 is 2.12 bits per heavy atom. The van der Waals surface area contributed by atoms with E-state index in [1.807, 2.05) is 25.8 Å². The van der Waals surface area contributed by atoms with Gasteiger partial charge in [-0.25, -0.2) is 0 Å². The normalized spacial score (nSPS) is 13.4. The number of rotatable bonds is 6. The van der Waals surface area contributed by atoms with E-state index in [1.54, 1.807) is 0 Å². The van der Waals surface area contributed by atoms with Gasteiger partial charge in [0.15, 0.2) is 0 Å². The number of aryl methyl sites for hydroxylation is 2. The van der Waals surface area contributed by atoms with Gasteiger partial charge in [-0.05, 0) is 49.4 Å².